The normalized spacial score (nSPS) is 19.6. The molecule has 104 valence electrons. The van der Waals surface area contributed by atoms with Crippen molar-refractivity contribution in [1.29, 1.82) is 0 Å². The lowest BCUT2D eigenvalue weighted by Gasteiger charge is -2.22. The quantitative estimate of drug-likeness (QED) is 0.898. The lowest BCUT2D eigenvalue weighted by Crippen LogP contribution is -2.40. The van der Waals surface area contributed by atoms with Crippen LogP contribution in [0.1, 0.15) is 12.8 Å². The average molecular weight is 303 g/mol. The molecule has 1 heterocycles. The minimum absolute atomic E-state index is 0.0623. The van der Waals surface area contributed by atoms with Crippen LogP contribution in [0.2, 0.25) is 10.0 Å². The molecule has 0 aromatic heterocycles. The Morgan fingerprint density at radius 1 is 1.37 bits per heavy atom. The van der Waals surface area contributed by atoms with Gasteiger partial charge in [0.25, 0.3) is 0 Å². The van der Waals surface area contributed by atoms with Crippen molar-refractivity contribution in [2.24, 2.45) is 0 Å². The Morgan fingerprint density at radius 3 is 2.68 bits per heavy atom. The predicted molar refractivity (Wildman–Crippen MR) is 76.8 cm³/mol. The molecule has 0 spiro atoms. The lowest BCUT2D eigenvalue weighted by molar-refractivity contribution is -0.120. The van der Waals surface area contributed by atoms with Crippen LogP contribution in [0.5, 0.6) is 0 Å². The van der Waals surface area contributed by atoms with E-state index in [2.05, 4.69) is 5.32 Å². The second-order valence-corrected chi connectivity index (χ2v) is 5.44. The maximum Gasteiger partial charge on any atom is 0.241 e. The monoisotopic (exact) mass is 302 g/mol. The number of amides is 1. The van der Waals surface area contributed by atoms with Gasteiger partial charge in [0.2, 0.25) is 5.91 Å². The standard InChI is InChI=1S/C13H16Cl2N2O2/c14-9-6-10(15)8-11(7-9)16-13(19)12-2-1-3-17(12)4-5-18/h6-8,12,18H,1-5H2,(H,16,19). The Balaban J connectivity index is 2.04. The van der Waals surface area contributed by atoms with Crippen molar-refractivity contribution in [3.05, 3.63) is 28.2 Å². The van der Waals surface area contributed by atoms with E-state index in [-0.39, 0.29) is 18.6 Å². The zero-order valence-corrected chi connectivity index (χ0v) is 11.9. The van der Waals surface area contributed by atoms with Crippen molar-refractivity contribution in [1.82, 2.24) is 4.90 Å². The van der Waals surface area contributed by atoms with Crippen molar-refractivity contribution in [2.75, 3.05) is 25.0 Å². The van der Waals surface area contributed by atoms with E-state index in [4.69, 9.17) is 28.3 Å². The molecular formula is C13H16Cl2N2O2. The Hall–Kier alpha value is -0.810. The van der Waals surface area contributed by atoms with Crippen molar-refractivity contribution in [2.45, 2.75) is 18.9 Å². The summed E-state index contributed by atoms with van der Waals surface area (Å²) in [7, 11) is 0. The van der Waals surface area contributed by atoms with Crippen molar-refractivity contribution < 1.29 is 9.90 Å². The first kappa shape index (κ1) is 14.6. The maximum atomic E-state index is 12.2. The number of carbonyl (C=O) groups is 1. The van der Waals surface area contributed by atoms with Gasteiger partial charge in [-0.3, -0.25) is 9.69 Å². The van der Waals surface area contributed by atoms with E-state index in [1.807, 2.05) is 4.90 Å². The van der Waals surface area contributed by atoms with E-state index in [1.165, 1.54) is 0 Å². The highest BCUT2D eigenvalue weighted by molar-refractivity contribution is 6.35. The first-order valence-electron chi connectivity index (χ1n) is 6.22. The number of anilines is 1. The van der Waals surface area contributed by atoms with Crippen LogP contribution in [0.4, 0.5) is 5.69 Å². The van der Waals surface area contributed by atoms with Gasteiger partial charge in [0.15, 0.2) is 0 Å². The van der Waals surface area contributed by atoms with Gasteiger partial charge in [-0.15, -0.1) is 0 Å². The molecule has 6 heteroatoms. The molecule has 1 aliphatic rings. The SMILES string of the molecule is O=C(Nc1cc(Cl)cc(Cl)c1)C1CCCN1CCO. The summed E-state index contributed by atoms with van der Waals surface area (Å²) in [5.41, 5.74) is 0.596. The first-order valence-corrected chi connectivity index (χ1v) is 6.97. The number of aliphatic hydroxyl groups excluding tert-OH is 1. The van der Waals surface area contributed by atoms with Crippen LogP contribution in [0.25, 0.3) is 0 Å². The Morgan fingerprint density at radius 2 is 2.05 bits per heavy atom. The number of benzene rings is 1. The molecular weight excluding hydrogens is 287 g/mol. The molecule has 1 atom stereocenters. The predicted octanol–water partition coefficient (Wildman–Crippen LogP) is 2.39. The second-order valence-electron chi connectivity index (χ2n) is 4.56. The van der Waals surface area contributed by atoms with Crippen molar-refractivity contribution in [3.63, 3.8) is 0 Å². The highest BCUT2D eigenvalue weighted by Gasteiger charge is 2.30. The zero-order chi connectivity index (χ0) is 13.8. The minimum Gasteiger partial charge on any atom is -0.395 e. The largest absolute Gasteiger partial charge is 0.395 e. The number of nitrogens with zero attached hydrogens (tertiary/aromatic N) is 1. The number of carbonyl (C=O) groups excluding carboxylic acids is 1. The fraction of sp³-hybridized carbons (Fsp3) is 0.462. The molecule has 1 unspecified atom stereocenters. The number of hydrogen-bond donors (Lipinski definition) is 2. The number of likely N-dealkylation sites (tertiary alicyclic amines) is 1. The van der Waals surface area contributed by atoms with E-state index in [9.17, 15) is 4.79 Å². The summed E-state index contributed by atoms with van der Waals surface area (Å²) in [6.07, 6.45) is 1.77. The van der Waals surface area contributed by atoms with Crippen LogP contribution in [-0.2, 0) is 4.79 Å². The molecule has 1 aromatic carbocycles. The van der Waals surface area contributed by atoms with Gasteiger partial charge in [-0.1, -0.05) is 23.2 Å². The molecule has 1 amide bonds. The molecule has 2 rings (SSSR count). The third kappa shape index (κ3) is 3.83. The third-order valence-electron chi connectivity index (χ3n) is 3.18. The molecule has 0 saturated carbocycles. The van der Waals surface area contributed by atoms with Crippen LogP contribution in [0, 0.1) is 0 Å². The zero-order valence-electron chi connectivity index (χ0n) is 10.4. The van der Waals surface area contributed by atoms with E-state index in [0.29, 0.717) is 22.3 Å². The Labute approximate surface area is 122 Å². The highest BCUT2D eigenvalue weighted by atomic mass is 35.5. The molecule has 1 aliphatic heterocycles. The first-order chi connectivity index (χ1) is 9.10. The van der Waals surface area contributed by atoms with Gasteiger partial charge in [0, 0.05) is 22.3 Å². The topological polar surface area (TPSA) is 52.6 Å². The van der Waals surface area contributed by atoms with Crippen LogP contribution in [0.15, 0.2) is 18.2 Å². The fourth-order valence-electron chi connectivity index (χ4n) is 2.37. The number of aliphatic hydroxyl groups is 1. The lowest BCUT2D eigenvalue weighted by atomic mass is 10.2. The summed E-state index contributed by atoms with van der Waals surface area (Å²) in [5, 5.41) is 12.8. The van der Waals surface area contributed by atoms with E-state index in [1.54, 1.807) is 18.2 Å². The van der Waals surface area contributed by atoms with Crippen molar-refractivity contribution >= 4 is 34.8 Å². The van der Waals surface area contributed by atoms with Crippen LogP contribution in [-0.4, -0.2) is 41.7 Å². The summed E-state index contributed by atoms with van der Waals surface area (Å²) < 4.78 is 0. The minimum atomic E-state index is -0.190. The second kappa shape index (κ2) is 6.57. The smallest absolute Gasteiger partial charge is 0.241 e. The maximum absolute atomic E-state index is 12.2. The van der Waals surface area contributed by atoms with Gasteiger partial charge < -0.3 is 10.4 Å². The van der Waals surface area contributed by atoms with Gasteiger partial charge in [0.1, 0.15) is 0 Å². The molecule has 1 fully saturated rings. The molecule has 4 nitrogen and oxygen atoms in total. The van der Waals surface area contributed by atoms with E-state index >= 15 is 0 Å². The van der Waals surface area contributed by atoms with Crippen LogP contribution >= 0.6 is 23.2 Å². The summed E-state index contributed by atoms with van der Waals surface area (Å²) in [6.45, 7) is 1.43. The highest BCUT2D eigenvalue weighted by Crippen LogP contribution is 2.24. The molecule has 0 aliphatic carbocycles. The van der Waals surface area contributed by atoms with Gasteiger partial charge >= 0.3 is 0 Å². The number of hydrogen-bond acceptors (Lipinski definition) is 3. The molecule has 19 heavy (non-hydrogen) atoms. The average Bonchev–Trinajstić information content (AvgIpc) is 2.76. The molecule has 1 saturated heterocycles. The molecule has 0 radical (unpaired) electrons. The van der Waals surface area contributed by atoms with Gasteiger partial charge in [-0.2, -0.15) is 0 Å². The van der Waals surface area contributed by atoms with Crippen LogP contribution in [0.3, 0.4) is 0 Å². The summed E-state index contributed by atoms with van der Waals surface area (Å²) in [4.78, 5) is 14.2. The Kier molecular flexibility index (Phi) is 5.05. The van der Waals surface area contributed by atoms with Crippen LogP contribution < -0.4 is 5.32 Å². The fourth-order valence-corrected chi connectivity index (χ4v) is 2.90. The van der Waals surface area contributed by atoms with E-state index < -0.39 is 0 Å². The van der Waals surface area contributed by atoms with E-state index in [0.717, 1.165) is 19.4 Å². The van der Waals surface area contributed by atoms with Gasteiger partial charge in [0.05, 0.1) is 12.6 Å². The molecule has 0 bridgehead atoms. The number of β-amino-alcohol motifs (C(OH)–C–C–N with tert-alkyl or cyclic N) is 1. The third-order valence-corrected chi connectivity index (χ3v) is 3.62. The molecule has 1 aromatic rings. The van der Waals surface area contributed by atoms with Gasteiger partial charge in [-0.05, 0) is 37.6 Å². The molecule has 2 N–H and O–H groups in total. The number of halogens is 2. The summed E-state index contributed by atoms with van der Waals surface area (Å²) in [5.74, 6) is -0.0794. The number of nitrogens with one attached hydrogen (secondary N) is 1. The van der Waals surface area contributed by atoms with Crippen molar-refractivity contribution in [3.8, 4) is 0 Å². The Bertz CT molecular complexity index is 448. The van der Waals surface area contributed by atoms with Gasteiger partial charge in [-0.25, -0.2) is 0 Å². The summed E-state index contributed by atoms with van der Waals surface area (Å²) in [6, 6.07) is 4.75. The number of rotatable bonds is 4. The summed E-state index contributed by atoms with van der Waals surface area (Å²) >= 11 is 11.8.